The van der Waals surface area contributed by atoms with E-state index in [4.69, 9.17) is 5.73 Å². The molecule has 0 aliphatic rings. The van der Waals surface area contributed by atoms with Gasteiger partial charge in [-0.05, 0) is 24.3 Å². The zero-order valence-corrected chi connectivity index (χ0v) is 9.33. The Bertz CT molecular complexity index is 686. The van der Waals surface area contributed by atoms with Crippen LogP contribution in [0.15, 0.2) is 36.7 Å². The third kappa shape index (κ3) is 1.44. The molecule has 5 heteroatoms. The van der Waals surface area contributed by atoms with Gasteiger partial charge in [-0.25, -0.2) is 15.0 Å². The highest BCUT2D eigenvalue weighted by molar-refractivity contribution is 5.79. The number of imidazole rings is 1. The van der Waals surface area contributed by atoms with Crippen molar-refractivity contribution in [2.24, 2.45) is 7.05 Å². The molecule has 17 heavy (non-hydrogen) atoms. The van der Waals surface area contributed by atoms with Crippen molar-refractivity contribution in [1.82, 2.24) is 19.5 Å². The molecule has 0 atom stereocenters. The summed E-state index contributed by atoms with van der Waals surface area (Å²) in [5.41, 5.74) is 8.38. The van der Waals surface area contributed by atoms with Gasteiger partial charge in [0.2, 0.25) is 0 Å². The van der Waals surface area contributed by atoms with Crippen molar-refractivity contribution in [3.8, 4) is 11.4 Å². The van der Waals surface area contributed by atoms with Gasteiger partial charge in [0.05, 0.1) is 5.56 Å². The van der Waals surface area contributed by atoms with Crippen molar-refractivity contribution in [2.75, 3.05) is 5.73 Å². The van der Waals surface area contributed by atoms with E-state index in [1.165, 1.54) is 0 Å². The van der Waals surface area contributed by atoms with Crippen LogP contribution in [0.5, 0.6) is 0 Å². The number of nitrogen functional groups attached to an aromatic ring is 1. The lowest BCUT2D eigenvalue weighted by Gasteiger charge is -2.03. The number of rotatable bonds is 1. The number of hydrogen-bond donors (Lipinski definition) is 1. The average molecular weight is 225 g/mol. The van der Waals surface area contributed by atoms with Gasteiger partial charge in [-0.1, -0.05) is 0 Å². The standard InChI is InChI=1S/C12H11N5/c1-17-11(8-4-2-6-14-10(8)13)16-9-5-3-7-15-12(9)17/h2-7H,1H3,(H2,13,14). The van der Waals surface area contributed by atoms with Crippen LogP contribution in [0.4, 0.5) is 5.82 Å². The molecule has 0 amide bonds. The summed E-state index contributed by atoms with van der Waals surface area (Å²) in [7, 11) is 1.92. The number of anilines is 1. The van der Waals surface area contributed by atoms with Crippen LogP contribution >= 0.6 is 0 Å². The SMILES string of the molecule is Cn1c(-c2cccnc2N)nc2cccnc21. The van der Waals surface area contributed by atoms with Gasteiger partial charge in [0.1, 0.15) is 17.2 Å². The molecule has 3 aromatic rings. The fourth-order valence-corrected chi connectivity index (χ4v) is 1.87. The van der Waals surface area contributed by atoms with Gasteiger partial charge in [0.25, 0.3) is 0 Å². The summed E-state index contributed by atoms with van der Waals surface area (Å²) in [6, 6.07) is 7.55. The second-order valence-corrected chi connectivity index (χ2v) is 3.78. The minimum Gasteiger partial charge on any atom is -0.383 e. The lowest BCUT2D eigenvalue weighted by Crippen LogP contribution is -1.98. The van der Waals surface area contributed by atoms with Gasteiger partial charge >= 0.3 is 0 Å². The molecule has 0 aliphatic heterocycles. The van der Waals surface area contributed by atoms with E-state index in [0.717, 1.165) is 22.6 Å². The van der Waals surface area contributed by atoms with Gasteiger partial charge in [0, 0.05) is 19.4 Å². The van der Waals surface area contributed by atoms with Crippen LogP contribution < -0.4 is 5.73 Å². The lowest BCUT2D eigenvalue weighted by molar-refractivity contribution is 0.941. The Morgan fingerprint density at radius 1 is 1.12 bits per heavy atom. The van der Waals surface area contributed by atoms with Gasteiger partial charge < -0.3 is 10.3 Å². The van der Waals surface area contributed by atoms with Crippen molar-refractivity contribution >= 4 is 17.0 Å². The van der Waals surface area contributed by atoms with Crippen molar-refractivity contribution < 1.29 is 0 Å². The van der Waals surface area contributed by atoms with Gasteiger partial charge in [-0.15, -0.1) is 0 Å². The third-order valence-electron chi connectivity index (χ3n) is 2.71. The smallest absolute Gasteiger partial charge is 0.160 e. The molecule has 0 aliphatic carbocycles. The van der Waals surface area contributed by atoms with Crippen LogP contribution in [0, 0.1) is 0 Å². The minimum atomic E-state index is 0.478. The van der Waals surface area contributed by atoms with E-state index >= 15 is 0 Å². The Labute approximate surface area is 98.0 Å². The molecule has 0 radical (unpaired) electrons. The summed E-state index contributed by atoms with van der Waals surface area (Å²) >= 11 is 0. The molecule has 84 valence electrons. The number of nitrogens with two attached hydrogens (primary N) is 1. The fourth-order valence-electron chi connectivity index (χ4n) is 1.87. The topological polar surface area (TPSA) is 69.6 Å². The van der Waals surface area contributed by atoms with E-state index in [1.54, 1.807) is 12.4 Å². The lowest BCUT2D eigenvalue weighted by atomic mass is 10.2. The van der Waals surface area contributed by atoms with E-state index in [0.29, 0.717) is 5.82 Å². The normalized spacial score (nSPS) is 10.9. The second kappa shape index (κ2) is 3.55. The van der Waals surface area contributed by atoms with Crippen molar-refractivity contribution in [2.45, 2.75) is 0 Å². The number of aryl methyl sites for hydroxylation is 1. The molecule has 0 saturated heterocycles. The predicted molar refractivity (Wildman–Crippen MR) is 66.2 cm³/mol. The molecule has 5 nitrogen and oxygen atoms in total. The van der Waals surface area contributed by atoms with E-state index in [-0.39, 0.29) is 0 Å². The molecular formula is C12H11N5. The highest BCUT2D eigenvalue weighted by Crippen LogP contribution is 2.25. The second-order valence-electron chi connectivity index (χ2n) is 3.78. The number of hydrogen-bond acceptors (Lipinski definition) is 4. The van der Waals surface area contributed by atoms with Crippen LogP contribution in [0.2, 0.25) is 0 Å². The Kier molecular flexibility index (Phi) is 2.04. The number of pyridine rings is 2. The summed E-state index contributed by atoms with van der Waals surface area (Å²) in [6.45, 7) is 0. The first-order valence-corrected chi connectivity index (χ1v) is 5.25. The predicted octanol–water partition coefficient (Wildman–Crippen LogP) is 1.61. The molecule has 3 aromatic heterocycles. The van der Waals surface area contributed by atoms with Gasteiger partial charge in [0.15, 0.2) is 5.65 Å². The largest absolute Gasteiger partial charge is 0.383 e. The Balaban J connectivity index is 2.32. The number of nitrogens with zero attached hydrogens (tertiary/aromatic N) is 4. The van der Waals surface area contributed by atoms with Gasteiger partial charge in [-0.2, -0.15) is 0 Å². The molecule has 2 N–H and O–H groups in total. The molecule has 0 bridgehead atoms. The molecular weight excluding hydrogens is 214 g/mol. The number of aromatic nitrogens is 4. The maximum atomic E-state index is 5.86. The summed E-state index contributed by atoms with van der Waals surface area (Å²) in [5, 5.41) is 0. The van der Waals surface area contributed by atoms with Crippen LogP contribution in [0.3, 0.4) is 0 Å². The first-order chi connectivity index (χ1) is 8.27. The summed E-state index contributed by atoms with van der Waals surface area (Å²) < 4.78 is 1.92. The van der Waals surface area contributed by atoms with Gasteiger partial charge in [-0.3, -0.25) is 0 Å². The van der Waals surface area contributed by atoms with Crippen molar-refractivity contribution in [3.05, 3.63) is 36.7 Å². The Morgan fingerprint density at radius 2 is 1.88 bits per heavy atom. The van der Waals surface area contributed by atoms with Crippen LogP contribution in [0.25, 0.3) is 22.6 Å². The summed E-state index contributed by atoms with van der Waals surface area (Å²) in [4.78, 5) is 12.9. The monoisotopic (exact) mass is 225 g/mol. The van der Waals surface area contributed by atoms with Crippen molar-refractivity contribution in [3.63, 3.8) is 0 Å². The van der Waals surface area contributed by atoms with Crippen molar-refractivity contribution in [1.29, 1.82) is 0 Å². The Hall–Kier alpha value is -2.43. The van der Waals surface area contributed by atoms with Crippen LogP contribution in [-0.2, 0) is 7.05 Å². The molecule has 0 saturated carbocycles. The zero-order valence-electron chi connectivity index (χ0n) is 9.33. The first kappa shape index (κ1) is 9.77. The zero-order chi connectivity index (χ0) is 11.8. The van der Waals surface area contributed by atoms with E-state index in [2.05, 4.69) is 15.0 Å². The average Bonchev–Trinajstić information content (AvgIpc) is 2.68. The van der Waals surface area contributed by atoms with E-state index in [1.807, 2.05) is 35.9 Å². The minimum absolute atomic E-state index is 0.478. The molecule has 0 unspecified atom stereocenters. The quantitative estimate of drug-likeness (QED) is 0.683. The van der Waals surface area contributed by atoms with E-state index < -0.39 is 0 Å². The highest BCUT2D eigenvalue weighted by Gasteiger charge is 2.12. The van der Waals surface area contributed by atoms with Crippen LogP contribution in [-0.4, -0.2) is 19.5 Å². The summed E-state index contributed by atoms with van der Waals surface area (Å²) in [5.74, 6) is 1.26. The third-order valence-corrected chi connectivity index (χ3v) is 2.71. The fraction of sp³-hybridized carbons (Fsp3) is 0.0833. The molecule has 0 aromatic carbocycles. The van der Waals surface area contributed by atoms with Crippen LogP contribution in [0.1, 0.15) is 0 Å². The Morgan fingerprint density at radius 3 is 2.65 bits per heavy atom. The molecule has 3 heterocycles. The molecule has 0 spiro atoms. The maximum absolute atomic E-state index is 5.86. The maximum Gasteiger partial charge on any atom is 0.160 e. The summed E-state index contributed by atoms with van der Waals surface area (Å²) in [6.07, 6.45) is 3.42. The molecule has 3 rings (SSSR count). The number of fused-ring (bicyclic) bond motifs is 1. The van der Waals surface area contributed by atoms with E-state index in [9.17, 15) is 0 Å². The first-order valence-electron chi connectivity index (χ1n) is 5.25. The highest BCUT2D eigenvalue weighted by atomic mass is 15.1. The molecule has 0 fully saturated rings.